The molecule has 0 aliphatic carbocycles. The topological polar surface area (TPSA) is 54.4 Å². The Hall–Kier alpha value is -2.47. The number of aromatic nitrogens is 1. The van der Waals surface area contributed by atoms with E-state index in [1.807, 2.05) is 66.9 Å². The zero-order chi connectivity index (χ0) is 17.5. The number of hydrogen-bond acceptors (Lipinski definition) is 5. The molecule has 1 aromatic heterocycles. The Morgan fingerprint density at radius 3 is 2.84 bits per heavy atom. The van der Waals surface area contributed by atoms with Gasteiger partial charge in [-0.1, -0.05) is 54.6 Å². The maximum Gasteiger partial charge on any atom is 0.131 e. The highest BCUT2D eigenvalue weighted by Crippen LogP contribution is 2.24. The highest BCUT2D eigenvalue weighted by atomic mass is 32.1. The van der Waals surface area contributed by atoms with E-state index in [-0.39, 0.29) is 6.04 Å². The fourth-order valence-electron chi connectivity index (χ4n) is 2.25. The van der Waals surface area contributed by atoms with Crippen molar-refractivity contribution in [3.8, 4) is 16.3 Å². The lowest BCUT2D eigenvalue weighted by molar-refractivity contribution is 0.150. The summed E-state index contributed by atoms with van der Waals surface area (Å²) < 4.78 is 5.86. The first-order valence-electron chi connectivity index (χ1n) is 8.05. The highest BCUT2D eigenvalue weighted by molar-refractivity contribution is 7.13. The summed E-state index contributed by atoms with van der Waals surface area (Å²) >= 11 is 1.62. The molecule has 0 aliphatic rings. The Kier molecular flexibility index (Phi) is 5.95. The van der Waals surface area contributed by atoms with Gasteiger partial charge in [0.05, 0.1) is 5.69 Å². The van der Waals surface area contributed by atoms with Gasteiger partial charge in [-0.25, -0.2) is 4.98 Å². The number of ether oxygens (including phenoxy) is 1. The fourth-order valence-corrected chi connectivity index (χ4v) is 3.06. The van der Waals surface area contributed by atoms with Crippen LogP contribution < -0.4 is 10.2 Å². The molecule has 0 aliphatic heterocycles. The maximum absolute atomic E-state index is 8.83. The molecule has 0 saturated heterocycles. The number of nitrogens with one attached hydrogen (secondary N) is 1. The molecule has 3 rings (SSSR count). The quantitative estimate of drug-likeness (QED) is 0.602. The van der Waals surface area contributed by atoms with E-state index in [1.165, 1.54) is 0 Å². The van der Waals surface area contributed by atoms with E-state index in [1.54, 1.807) is 11.3 Å². The van der Waals surface area contributed by atoms with Crippen LogP contribution in [0.25, 0.3) is 16.6 Å². The van der Waals surface area contributed by atoms with Crippen LogP contribution in [-0.2, 0) is 6.61 Å². The summed E-state index contributed by atoms with van der Waals surface area (Å²) in [5.74, 6) is 0.793. The molecule has 3 aromatic rings. The summed E-state index contributed by atoms with van der Waals surface area (Å²) in [7, 11) is 0. The second kappa shape index (κ2) is 8.58. The van der Waals surface area contributed by atoms with Crippen molar-refractivity contribution < 1.29 is 9.94 Å². The van der Waals surface area contributed by atoms with Crippen molar-refractivity contribution in [3.05, 3.63) is 77.3 Å². The van der Waals surface area contributed by atoms with Gasteiger partial charge in [-0.05, 0) is 24.6 Å². The van der Waals surface area contributed by atoms with E-state index in [2.05, 4.69) is 22.6 Å². The van der Waals surface area contributed by atoms with Crippen LogP contribution in [0.5, 0.6) is 5.75 Å². The summed E-state index contributed by atoms with van der Waals surface area (Å²) in [6.45, 7) is 2.30. The number of hydrogen-bond donors (Lipinski definition) is 2. The van der Waals surface area contributed by atoms with E-state index in [4.69, 9.17) is 9.94 Å². The molecule has 0 fully saturated rings. The first-order chi connectivity index (χ1) is 12.2. The Morgan fingerprint density at radius 2 is 2.04 bits per heavy atom. The molecule has 1 unspecified atom stereocenters. The van der Waals surface area contributed by atoms with Gasteiger partial charge in [-0.2, -0.15) is 5.48 Å². The third-order valence-corrected chi connectivity index (χ3v) is 4.54. The minimum absolute atomic E-state index is 0.101. The predicted molar refractivity (Wildman–Crippen MR) is 102 cm³/mol. The van der Waals surface area contributed by atoms with Gasteiger partial charge in [-0.15, -0.1) is 11.3 Å². The summed E-state index contributed by atoms with van der Waals surface area (Å²) in [4.78, 5) is 4.63. The van der Waals surface area contributed by atoms with Crippen LogP contribution in [0.1, 0.15) is 18.2 Å². The lowest BCUT2D eigenvalue weighted by Crippen LogP contribution is -2.18. The van der Waals surface area contributed by atoms with Crippen LogP contribution in [-0.4, -0.2) is 16.2 Å². The van der Waals surface area contributed by atoms with Gasteiger partial charge in [0, 0.05) is 17.0 Å². The SMILES string of the molecule is CC(C=Cc1cccc(OCc2csc(-c3ccccc3)n2)c1)NO. The van der Waals surface area contributed by atoms with Crippen LogP contribution >= 0.6 is 11.3 Å². The molecule has 4 nitrogen and oxygen atoms in total. The van der Waals surface area contributed by atoms with Gasteiger partial charge < -0.3 is 9.94 Å². The molecule has 2 aromatic carbocycles. The second-order valence-electron chi connectivity index (χ2n) is 5.65. The number of thiazole rings is 1. The summed E-state index contributed by atoms with van der Waals surface area (Å²) in [6, 6.07) is 17.9. The van der Waals surface area contributed by atoms with Crippen molar-refractivity contribution in [2.45, 2.75) is 19.6 Å². The third kappa shape index (κ3) is 5.00. The van der Waals surface area contributed by atoms with E-state index >= 15 is 0 Å². The number of rotatable bonds is 7. The first kappa shape index (κ1) is 17.4. The Bertz CT molecular complexity index is 830. The van der Waals surface area contributed by atoms with Crippen LogP contribution in [0.3, 0.4) is 0 Å². The molecule has 128 valence electrons. The van der Waals surface area contributed by atoms with Gasteiger partial charge in [-0.3, -0.25) is 0 Å². The molecule has 2 N–H and O–H groups in total. The average Bonchev–Trinajstić information content (AvgIpc) is 3.14. The third-order valence-electron chi connectivity index (χ3n) is 3.60. The van der Waals surface area contributed by atoms with Gasteiger partial charge in [0.15, 0.2) is 0 Å². The van der Waals surface area contributed by atoms with Crippen LogP contribution in [0.2, 0.25) is 0 Å². The van der Waals surface area contributed by atoms with E-state index in [0.717, 1.165) is 27.6 Å². The molecular formula is C20H20N2O2S. The normalized spacial score (nSPS) is 12.4. The van der Waals surface area contributed by atoms with Gasteiger partial charge in [0.2, 0.25) is 0 Å². The van der Waals surface area contributed by atoms with Crippen LogP contribution in [0.4, 0.5) is 0 Å². The fraction of sp³-hybridized carbons (Fsp3) is 0.150. The van der Waals surface area contributed by atoms with Crippen molar-refractivity contribution in [1.82, 2.24) is 10.5 Å². The molecule has 0 spiro atoms. The van der Waals surface area contributed by atoms with E-state index in [0.29, 0.717) is 6.61 Å². The molecule has 0 saturated carbocycles. The zero-order valence-electron chi connectivity index (χ0n) is 13.9. The average molecular weight is 352 g/mol. The Morgan fingerprint density at radius 1 is 1.20 bits per heavy atom. The smallest absolute Gasteiger partial charge is 0.131 e. The predicted octanol–water partition coefficient (Wildman–Crippen LogP) is 4.77. The van der Waals surface area contributed by atoms with Crippen molar-refractivity contribution in [3.63, 3.8) is 0 Å². The van der Waals surface area contributed by atoms with Crippen molar-refractivity contribution in [1.29, 1.82) is 0 Å². The maximum atomic E-state index is 8.83. The standard InChI is InChI=1S/C20H20N2O2S/c1-15(22-23)10-11-16-6-5-9-19(12-16)24-13-18-14-25-20(21-18)17-7-3-2-4-8-17/h2-12,14-15,22-23H,13H2,1H3. The molecule has 1 atom stereocenters. The second-order valence-corrected chi connectivity index (χ2v) is 6.51. The van der Waals surface area contributed by atoms with Crippen molar-refractivity contribution >= 4 is 17.4 Å². The molecule has 0 bridgehead atoms. The molecule has 0 radical (unpaired) electrons. The summed E-state index contributed by atoms with van der Waals surface area (Å²) in [6.07, 6.45) is 3.82. The van der Waals surface area contributed by atoms with Crippen molar-refractivity contribution in [2.24, 2.45) is 0 Å². The van der Waals surface area contributed by atoms with Gasteiger partial charge >= 0.3 is 0 Å². The van der Waals surface area contributed by atoms with Crippen LogP contribution in [0.15, 0.2) is 66.1 Å². The molecule has 1 heterocycles. The van der Waals surface area contributed by atoms with Gasteiger partial charge in [0.1, 0.15) is 17.4 Å². The van der Waals surface area contributed by atoms with E-state index in [9.17, 15) is 0 Å². The Balaban J connectivity index is 1.62. The molecule has 5 heteroatoms. The largest absolute Gasteiger partial charge is 0.487 e. The summed E-state index contributed by atoms with van der Waals surface area (Å²) in [5, 5.41) is 11.9. The molecule has 0 amide bonds. The zero-order valence-corrected chi connectivity index (χ0v) is 14.7. The minimum atomic E-state index is -0.101. The number of hydroxylamine groups is 1. The number of benzene rings is 2. The minimum Gasteiger partial charge on any atom is -0.487 e. The first-order valence-corrected chi connectivity index (χ1v) is 8.93. The molecular weight excluding hydrogens is 332 g/mol. The monoisotopic (exact) mass is 352 g/mol. The van der Waals surface area contributed by atoms with Crippen LogP contribution in [0, 0.1) is 0 Å². The van der Waals surface area contributed by atoms with Gasteiger partial charge in [0.25, 0.3) is 0 Å². The highest BCUT2D eigenvalue weighted by Gasteiger charge is 2.05. The number of nitrogens with zero attached hydrogens (tertiary/aromatic N) is 1. The van der Waals surface area contributed by atoms with Crippen molar-refractivity contribution in [2.75, 3.05) is 0 Å². The molecule has 25 heavy (non-hydrogen) atoms. The lowest BCUT2D eigenvalue weighted by atomic mass is 10.2. The lowest BCUT2D eigenvalue weighted by Gasteiger charge is -2.06. The summed E-state index contributed by atoms with van der Waals surface area (Å²) in [5.41, 5.74) is 5.25. The van der Waals surface area contributed by atoms with E-state index < -0.39 is 0 Å². The Labute approximate surface area is 151 Å².